The van der Waals surface area contributed by atoms with Crippen LogP contribution in [0, 0.1) is 0 Å². The summed E-state index contributed by atoms with van der Waals surface area (Å²) in [5.74, 6) is 0.921. The summed E-state index contributed by atoms with van der Waals surface area (Å²) in [6, 6.07) is 3.84. The number of hydrogen-bond donors (Lipinski definition) is 1. The zero-order chi connectivity index (χ0) is 13.0. The van der Waals surface area contributed by atoms with Crippen LogP contribution in [-0.2, 0) is 17.6 Å². The number of rotatable bonds is 6. The second-order valence-electron chi connectivity index (χ2n) is 4.64. The molecule has 1 aromatic carbocycles. The lowest BCUT2D eigenvalue weighted by Crippen LogP contribution is -2.12. The highest BCUT2D eigenvalue weighted by molar-refractivity contribution is 6.30. The quantitative estimate of drug-likeness (QED) is 0.808. The van der Waals surface area contributed by atoms with E-state index in [2.05, 4.69) is 0 Å². The Labute approximate surface area is 113 Å². The third-order valence-corrected chi connectivity index (χ3v) is 3.38. The van der Waals surface area contributed by atoms with Crippen LogP contribution in [0.25, 0.3) is 0 Å². The highest BCUT2D eigenvalue weighted by atomic mass is 35.5. The molecule has 0 radical (unpaired) electrons. The van der Waals surface area contributed by atoms with E-state index in [1.165, 1.54) is 0 Å². The molecule has 1 heterocycles. The van der Waals surface area contributed by atoms with Gasteiger partial charge in [-0.2, -0.15) is 0 Å². The number of hydrogen-bond acceptors (Lipinski definition) is 3. The molecule has 1 unspecified atom stereocenters. The number of benzene rings is 1. The van der Waals surface area contributed by atoms with Crippen LogP contribution in [-0.4, -0.2) is 31.5 Å². The van der Waals surface area contributed by atoms with Crippen molar-refractivity contribution in [3.8, 4) is 5.75 Å². The zero-order valence-corrected chi connectivity index (χ0v) is 11.4. The Morgan fingerprint density at radius 2 is 2.33 bits per heavy atom. The maximum atomic E-state index is 10.00. The second kappa shape index (κ2) is 6.41. The molecule has 4 heteroatoms. The summed E-state index contributed by atoms with van der Waals surface area (Å²) in [7, 11) is 1.67. The fraction of sp³-hybridized carbons (Fsp3) is 0.571. The van der Waals surface area contributed by atoms with E-state index in [1.54, 1.807) is 7.11 Å². The summed E-state index contributed by atoms with van der Waals surface area (Å²) in [6.07, 6.45) is 2.72. The third-order valence-electron chi connectivity index (χ3n) is 3.17. The lowest BCUT2D eigenvalue weighted by atomic mass is 10.0. The van der Waals surface area contributed by atoms with Crippen molar-refractivity contribution in [2.75, 3.05) is 20.3 Å². The standard InChI is InChI=1S/C14H19ClO3/c1-17-5-2-3-13(16)9-11-8-12(15)7-10-4-6-18-14(10)11/h7-8,13,16H,2-6,9H2,1H3. The van der Waals surface area contributed by atoms with E-state index in [1.807, 2.05) is 12.1 Å². The molecule has 0 bridgehead atoms. The topological polar surface area (TPSA) is 38.7 Å². The summed E-state index contributed by atoms with van der Waals surface area (Å²) in [4.78, 5) is 0. The van der Waals surface area contributed by atoms with Gasteiger partial charge in [-0.25, -0.2) is 0 Å². The molecule has 1 aliphatic heterocycles. The third kappa shape index (κ3) is 3.37. The molecule has 0 aliphatic carbocycles. The first-order valence-electron chi connectivity index (χ1n) is 6.32. The maximum absolute atomic E-state index is 10.00. The van der Waals surface area contributed by atoms with Crippen LogP contribution in [0.5, 0.6) is 5.75 Å². The van der Waals surface area contributed by atoms with Gasteiger partial charge in [0.25, 0.3) is 0 Å². The monoisotopic (exact) mass is 270 g/mol. The molecule has 18 heavy (non-hydrogen) atoms. The van der Waals surface area contributed by atoms with E-state index in [0.29, 0.717) is 19.6 Å². The zero-order valence-electron chi connectivity index (χ0n) is 10.6. The van der Waals surface area contributed by atoms with Crippen molar-refractivity contribution in [3.63, 3.8) is 0 Å². The van der Waals surface area contributed by atoms with Crippen molar-refractivity contribution in [2.45, 2.75) is 31.8 Å². The SMILES string of the molecule is COCCCC(O)Cc1cc(Cl)cc2c1OCC2. The fourth-order valence-electron chi connectivity index (χ4n) is 2.32. The Bertz CT molecular complexity index is 406. The van der Waals surface area contributed by atoms with Crippen LogP contribution in [0.15, 0.2) is 12.1 Å². The molecule has 1 aromatic rings. The van der Waals surface area contributed by atoms with Crippen LogP contribution < -0.4 is 4.74 Å². The predicted octanol–water partition coefficient (Wildman–Crippen LogP) is 2.60. The molecule has 1 aliphatic rings. The average Bonchev–Trinajstić information content (AvgIpc) is 2.77. The number of methoxy groups -OCH3 is 1. The molecule has 1 N–H and O–H groups in total. The minimum atomic E-state index is -0.369. The van der Waals surface area contributed by atoms with Gasteiger partial charge in [-0.15, -0.1) is 0 Å². The first-order valence-corrected chi connectivity index (χ1v) is 6.69. The highest BCUT2D eigenvalue weighted by Gasteiger charge is 2.19. The van der Waals surface area contributed by atoms with Gasteiger partial charge in [-0.3, -0.25) is 0 Å². The fourth-order valence-corrected chi connectivity index (χ4v) is 2.58. The summed E-state index contributed by atoms with van der Waals surface area (Å²) in [5.41, 5.74) is 2.17. The van der Waals surface area contributed by atoms with Gasteiger partial charge in [-0.05, 0) is 36.1 Å². The van der Waals surface area contributed by atoms with E-state index >= 15 is 0 Å². The molecule has 1 atom stereocenters. The van der Waals surface area contributed by atoms with Crippen LogP contribution in [0.4, 0.5) is 0 Å². The van der Waals surface area contributed by atoms with E-state index in [9.17, 15) is 5.11 Å². The first-order chi connectivity index (χ1) is 8.70. The summed E-state index contributed by atoms with van der Waals surface area (Å²) >= 11 is 6.08. The molecule has 0 saturated heterocycles. The lowest BCUT2D eigenvalue weighted by Gasteiger charge is -2.13. The molecule has 3 nitrogen and oxygen atoms in total. The molecule has 0 spiro atoms. The largest absolute Gasteiger partial charge is 0.493 e. The summed E-state index contributed by atoms with van der Waals surface area (Å²) in [6.45, 7) is 1.39. The molecular formula is C14H19ClO3. The second-order valence-corrected chi connectivity index (χ2v) is 5.08. The van der Waals surface area contributed by atoms with E-state index < -0.39 is 0 Å². The number of ether oxygens (including phenoxy) is 2. The molecule has 0 amide bonds. The molecule has 0 saturated carbocycles. The van der Waals surface area contributed by atoms with Crippen LogP contribution >= 0.6 is 11.6 Å². The van der Waals surface area contributed by atoms with Crippen molar-refractivity contribution in [3.05, 3.63) is 28.3 Å². The van der Waals surface area contributed by atoms with E-state index in [-0.39, 0.29) is 6.10 Å². The summed E-state index contributed by atoms with van der Waals surface area (Å²) < 4.78 is 10.6. The molecule has 100 valence electrons. The van der Waals surface area contributed by atoms with Gasteiger partial charge in [0.1, 0.15) is 5.75 Å². The Kier molecular flexibility index (Phi) is 4.87. The van der Waals surface area contributed by atoms with Crippen LogP contribution in [0.3, 0.4) is 0 Å². The van der Waals surface area contributed by atoms with Gasteiger partial charge < -0.3 is 14.6 Å². The predicted molar refractivity (Wildman–Crippen MR) is 71.5 cm³/mol. The molecule has 2 rings (SSSR count). The smallest absolute Gasteiger partial charge is 0.126 e. The Hall–Kier alpha value is -0.770. The maximum Gasteiger partial charge on any atom is 0.126 e. The molecular weight excluding hydrogens is 252 g/mol. The van der Waals surface area contributed by atoms with E-state index in [4.69, 9.17) is 21.1 Å². The van der Waals surface area contributed by atoms with Gasteiger partial charge in [0.05, 0.1) is 12.7 Å². The number of aliphatic hydroxyl groups excluding tert-OH is 1. The van der Waals surface area contributed by atoms with Gasteiger partial charge in [0, 0.05) is 31.6 Å². The first kappa shape index (κ1) is 13.7. The minimum absolute atomic E-state index is 0.369. The molecule has 0 fully saturated rings. The molecule has 0 aromatic heterocycles. The van der Waals surface area contributed by atoms with Gasteiger partial charge in [-0.1, -0.05) is 11.6 Å². The minimum Gasteiger partial charge on any atom is -0.493 e. The van der Waals surface area contributed by atoms with Gasteiger partial charge >= 0.3 is 0 Å². The number of halogens is 1. The van der Waals surface area contributed by atoms with Crippen LogP contribution in [0.2, 0.25) is 5.02 Å². The van der Waals surface area contributed by atoms with E-state index in [0.717, 1.165) is 41.2 Å². The number of aliphatic hydroxyl groups is 1. The highest BCUT2D eigenvalue weighted by Crippen LogP contribution is 2.33. The van der Waals surface area contributed by atoms with Gasteiger partial charge in [0.15, 0.2) is 0 Å². The number of fused-ring (bicyclic) bond motifs is 1. The van der Waals surface area contributed by atoms with Crippen molar-refractivity contribution in [2.24, 2.45) is 0 Å². The summed E-state index contributed by atoms with van der Waals surface area (Å²) in [5, 5.41) is 10.7. The van der Waals surface area contributed by atoms with Gasteiger partial charge in [0.2, 0.25) is 0 Å². The van der Waals surface area contributed by atoms with Crippen molar-refractivity contribution in [1.29, 1.82) is 0 Å². The Morgan fingerprint density at radius 1 is 1.50 bits per heavy atom. The Morgan fingerprint density at radius 3 is 3.11 bits per heavy atom. The lowest BCUT2D eigenvalue weighted by molar-refractivity contribution is 0.134. The van der Waals surface area contributed by atoms with Crippen molar-refractivity contribution < 1.29 is 14.6 Å². The normalized spacial score (nSPS) is 15.3. The van der Waals surface area contributed by atoms with Crippen molar-refractivity contribution >= 4 is 11.6 Å². The average molecular weight is 271 g/mol. The van der Waals surface area contributed by atoms with Crippen molar-refractivity contribution in [1.82, 2.24) is 0 Å². The van der Waals surface area contributed by atoms with Crippen LogP contribution in [0.1, 0.15) is 24.0 Å². The Balaban J connectivity index is 2.00.